The van der Waals surface area contributed by atoms with E-state index in [-0.39, 0.29) is 15.5 Å². The number of nitriles is 1. The Morgan fingerprint density at radius 1 is 1.63 bits per heavy atom. The number of aromatic amines is 1. The number of H-pyrrole nitrogens is 1. The quantitative estimate of drug-likeness (QED) is 0.771. The lowest BCUT2D eigenvalue weighted by atomic mass is 10.3. The normalized spacial score (nSPS) is 11.2. The summed E-state index contributed by atoms with van der Waals surface area (Å²) in [6.07, 6.45) is 4.38. The fraction of sp³-hybridized carbons (Fsp3) is 0.200. The van der Waals surface area contributed by atoms with Crippen molar-refractivity contribution in [3.05, 3.63) is 22.8 Å². The first-order chi connectivity index (χ1) is 8.93. The minimum absolute atomic E-state index is 0.00435. The molecule has 0 aliphatic heterocycles. The second kappa shape index (κ2) is 4.91. The number of nitrogens with zero attached hydrogens (tertiary/aromatic N) is 2. The molecule has 0 amide bonds. The summed E-state index contributed by atoms with van der Waals surface area (Å²) < 4.78 is 23.4. The third kappa shape index (κ3) is 2.69. The van der Waals surface area contributed by atoms with E-state index in [1.54, 1.807) is 12.4 Å². The maximum Gasteiger partial charge on any atom is 0.180 e. The van der Waals surface area contributed by atoms with E-state index in [4.69, 9.17) is 11.0 Å². The molecule has 0 saturated heterocycles. The first-order valence-corrected chi connectivity index (χ1v) is 7.88. The Hall–Kier alpha value is -2.05. The fourth-order valence-corrected chi connectivity index (χ4v) is 3.92. The molecule has 0 aliphatic carbocycles. The molecule has 0 atom stereocenters. The molecule has 0 aromatic carbocycles. The Kier molecular flexibility index (Phi) is 3.46. The van der Waals surface area contributed by atoms with E-state index < -0.39 is 9.84 Å². The third-order valence-electron chi connectivity index (χ3n) is 2.38. The molecule has 7 nitrogen and oxygen atoms in total. The maximum atomic E-state index is 11.7. The van der Waals surface area contributed by atoms with Crippen molar-refractivity contribution in [2.75, 3.05) is 17.3 Å². The number of rotatable bonds is 4. The summed E-state index contributed by atoms with van der Waals surface area (Å²) in [5, 5.41) is 18.7. The zero-order chi connectivity index (χ0) is 14.0. The first kappa shape index (κ1) is 13.4. The molecule has 0 spiro atoms. The highest BCUT2D eigenvalue weighted by Gasteiger charge is 2.23. The van der Waals surface area contributed by atoms with E-state index in [1.165, 1.54) is 0 Å². The van der Waals surface area contributed by atoms with Gasteiger partial charge in [0.15, 0.2) is 9.84 Å². The molecule has 9 heteroatoms. The molecule has 2 aromatic rings. The second-order valence-electron chi connectivity index (χ2n) is 3.85. The number of anilines is 2. The topological polar surface area (TPSA) is 125 Å². The molecule has 2 aromatic heterocycles. The highest BCUT2D eigenvalue weighted by Crippen LogP contribution is 2.38. The van der Waals surface area contributed by atoms with Crippen molar-refractivity contribution in [3.8, 4) is 6.07 Å². The van der Waals surface area contributed by atoms with Crippen LogP contribution in [0.5, 0.6) is 0 Å². The van der Waals surface area contributed by atoms with Gasteiger partial charge in [-0.25, -0.2) is 8.42 Å². The van der Waals surface area contributed by atoms with Crippen LogP contribution in [0.25, 0.3) is 0 Å². The summed E-state index contributed by atoms with van der Waals surface area (Å²) >= 11 is 1.03. The number of hydrogen-bond donors (Lipinski definition) is 3. The molecule has 2 heterocycles. The van der Waals surface area contributed by atoms with Crippen LogP contribution in [-0.4, -0.2) is 24.9 Å². The van der Waals surface area contributed by atoms with Crippen LogP contribution in [0.4, 0.5) is 10.7 Å². The lowest BCUT2D eigenvalue weighted by molar-refractivity contribution is 0.603. The smallest absolute Gasteiger partial charge is 0.180 e. The summed E-state index contributed by atoms with van der Waals surface area (Å²) in [4.78, 5) is 0.174. The number of hydrogen-bond acceptors (Lipinski definition) is 7. The lowest BCUT2D eigenvalue weighted by Crippen LogP contribution is -2.05. The van der Waals surface area contributed by atoms with Crippen LogP contribution in [0.1, 0.15) is 10.4 Å². The summed E-state index contributed by atoms with van der Waals surface area (Å²) in [7, 11) is -3.50. The van der Waals surface area contributed by atoms with Gasteiger partial charge < -0.3 is 11.1 Å². The first-order valence-electron chi connectivity index (χ1n) is 5.17. The van der Waals surface area contributed by atoms with Crippen LogP contribution >= 0.6 is 11.3 Å². The van der Waals surface area contributed by atoms with Crippen molar-refractivity contribution >= 4 is 31.9 Å². The highest BCUT2D eigenvalue weighted by atomic mass is 32.2. The molecular formula is C10H11N5O2S2. The van der Waals surface area contributed by atoms with Gasteiger partial charge in [-0.1, -0.05) is 0 Å². The van der Waals surface area contributed by atoms with Gasteiger partial charge >= 0.3 is 0 Å². The van der Waals surface area contributed by atoms with Gasteiger partial charge in [0.05, 0.1) is 11.9 Å². The van der Waals surface area contributed by atoms with Crippen LogP contribution in [0.15, 0.2) is 17.3 Å². The Labute approximate surface area is 114 Å². The van der Waals surface area contributed by atoms with Gasteiger partial charge in [0.1, 0.15) is 20.8 Å². The zero-order valence-corrected chi connectivity index (χ0v) is 11.6. The third-order valence-corrected chi connectivity index (χ3v) is 4.74. The molecule has 0 radical (unpaired) electrons. The van der Waals surface area contributed by atoms with Crippen molar-refractivity contribution in [2.24, 2.45) is 0 Å². The molecule has 2 rings (SSSR count). The van der Waals surface area contributed by atoms with Crippen molar-refractivity contribution in [2.45, 2.75) is 11.4 Å². The van der Waals surface area contributed by atoms with E-state index in [1.807, 2.05) is 6.07 Å². The average molecular weight is 297 g/mol. The van der Waals surface area contributed by atoms with Crippen LogP contribution in [0.2, 0.25) is 0 Å². The van der Waals surface area contributed by atoms with Crippen LogP contribution in [0.3, 0.4) is 0 Å². The number of sulfone groups is 1. The Morgan fingerprint density at radius 3 is 2.89 bits per heavy atom. The predicted octanol–water partition coefficient (Wildman–Crippen LogP) is 0.941. The molecule has 0 unspecified atom stereocenters. The average Bonchev–Trinajstić information content (AvgIpc) is 2.92. The van der Waals surface area contributed by atoms with Crippen molar-refractivity contribution in [1.82, 2.24) is 10.2 Å². The van der Waals surface area contributed by atoms with Gasteiger partial charge in [-0.05, 0) is 0 Å². The van der Waals surface area contributed by atoms with E-state index in [0.29, 0.717) is 11.5 Å². The van der Waals surface area contributed by atoms with Gasteiger partial charge in [-0.2, -0.15) is 10.4 Å². The largest absolute Gasteiger partial charge is 0.396 e. The van der Waals surface area contributed by atoms with E-state index in [9.17, 15) is 8.42 Å². The predicted molar refractivity (Wildman–Crippen MR) is 72.5 cm³/mol. The monoisotopic (exact) mass is 297 g/mol. The number of nitrogens with one attached hydrogen (secondary N) is 2. The fourth-order valence-electron chi connectivity index (χ4n) is 1.55. The summed E-state index contributed by atoms with van der Waals surface area (Å²) in [5.41, 5.74) is 6.57. The highest BCUT2D eigenvalue weighted by molar-refractivity contribution is 7.91. The minimum Gasteiger partial charge on any atom is -0.396 e. The van der Waals surface area contributed by atoms with E-state index >= 15 is 0 Å². The SMILES string of the molecule is CS(=O)(=O)c1c(NCc2cn[nH]c2)sc(C#N)c1N. The lowest BCUT2D eigenvalue weighted by Gasteiger charge is -2.05. The Balaban J connectivity index is 2.37. The van der Waals surface area contributed by atoms with Gasteiger partial charge in [-0.3, -0.25) is 5.10 Å². The number of thiophene rings is 1. The van der Waals surface area contributed by atoms with Gasteiger partial charge in [-0.15, -0.1) is 11.3 Å². The van der Waals surface area contributed by atoms with E-state index in [2.05, 4.69) is 15.5 Å². The van der Waals surface area contributed by atoms with Gasteiger partial charge in [0.25, 0.3) is 0 Å². The van der Waals surface area contributed by atoms with Crippen LogP contribution in [-0.2, 0) is 16.4 Å². The molecule has 19 heavy (non-hydrogen) atoms. The summed E-state index contributed by atoms with van der Waals surface area (Å²) in [5.74, 6) is 0. The summed E-state index contributed by atoms with van der Waals surface area (Å²) in [6.45, 7) is 0.393. The summed E-state index contributed by atoms with van der Waals surface area (Å²) in [6, 6.07) is 1.89. The Bertz CT molecular complexity index is 725. The standard InChI is InChI=1S/C10H11N5O2S2/c1-19(16,17)9-8(12)7(2-11)18-10(9)13-3-6-4-14-15-5-6/h4-5,13H,3,12H2,1H3,(H,14,15). The number of nitrogen functional groups attached to an aromatic ring is 1. The van der Waals surface area contributed by atoms with Gasteiger partial charge in [0, 0.05) is 24.6 Å². The number of nitrogens with two attached hydrogens (primary N) is 1. The van der Waals surface area contributed by atoms with Crippen LogP contribution < -0.4 is 11.1 Å². The molecular weight excluding hydrogens is 286 g/mol. The molecule has 0 aliphatic rings. The van der Waals surface area contributed by atoms with Gasteiger partial charge in [0.2, 0.25) is 0 Å². The minimum atomic E-state index is -3.50. The van der Waals surface area contributed by atoms with Crippen molar-refractivity contribution < 1.29 is 8.42 Å². The van der Waals surface area contributed by atoms with Crippen molar-refractivity contribution in [3.63, 3.8) is 0 Å². The Morgan fingerprint density at radius 2 is 2.37 bits per heavy atom. The second-order valence-corrected chi connectivity index (χ2v) is 6.82. The maximum absolute atomic E-state index is 11.7. The molecule has 0 saturated carbocycles. The molecule has 0 fully saturated rings. The molecule has 0 bridgehead atoms. The molecule has 100 valence electrons. The van der Waals surface area contributed by atoms with E-state index in [0.717, 1.165) is 23.2 Å². The van der Waals surface area contributed by atoms with Crippen molar-refractivity contribution in [1.29, 1.82) is 5.26 Å². The molecule has 4 N–H and O–H groups in total. The van der Waals surface area contributed by atoms with Crippen LogP contribution in [0, 0.1) is 11.3 Å². The zero-order valence-electron chi connectivity index (χ0n) is 9.97. The number of aromatic nitrogens is 2.